The highest BCUT2D eigenvalue weighted by atomic mass is 32.2. The minimum atomic E-state index is 0.392. The Labute approximate surface area is 112 Å². The lowest BCUT2D eigenvalue weighted by Crippen LogP contribution is -2.19. The van der Waals surface area contributed by atoms with Crippen molar-refractivity contribution in [3.8, 4) is 0 Å². The van der Waals surface area contributed by atoms with E-state index in [0.717, 1.165) is 17.2 Å². The van der Waals surface area contributed by atoms with Crippen molar-refractivity contribution in [1.29, 1.82) is 0 Å². The van der Waals surface area contributed by atoms with Crippen molar-refractivity contribution < 1.29 is 0 Å². The molecule has 1 N–H and O–H groups in total. The number of anilines is 1. The van der Waals surface area contributed by atoms with Gasteiger partial charge in [0.25, 0.3) is 0 Å². The standard InChI is InChI=1S/C15H16N2S/c1-11-6-7-16-8-14(11)17-15-10-18-9-12-4-2-3-5-13(12)15/h2-8,15,17H,9-10H2,1H3. The highest BCUT2D eigenvalue weighted by molar-refractivity contribution is 7.98. The summed E-state index contributed by atoms with van der Waals surface area (Å²) in [5.74, 6) is 2.24. The topological polar surface area (TPSA) is 24.9 Å². The first-order valence-electron chi connectivity index (χ1n) is 6.17. The molecule has 0 bridgehead atoms. The molecule has 1 aromatic heterocycles. The van der Waals surface area contributed by atoms with Gasteiger partial charge in [-0.1, -0.05) is 24.3 Å². The van der Waals surface area contributed by atoms with Crippen LogP contribution in [0.1, 0.15) is 22.7 Å². The molecule has 1 aliphatic heterocycles. The van der Waals surface area contributed by atoms with Crippen LogP contribution in [0.3, 0.4) is 0 Å². The van der Waals surface area contributed by atoms with E-state index in [0.29, 0.717) is 6.04 Å². The summed E-state index contributed by atoms with van der Waals surface area (Å²) < 4.78 is 0. The summed E-state index contributed by atoms with van der Waals surface area (Å²) in [5, 5.41) is 3.62. The largest absolute Gasteiger partial charge is 0.376 e. The maximum absolute atomic E-state index is 4.20. The van der Waals surface area contributed by atoms with Gasteiger partial charge in [-0.05, 0) is 29.7 Å². The lowest BCUT2D eigenvalue weighted by molar-refractivity contribution is 0.867. The summed E-state index contributed by atoms with van der Waals surface area (Å²) >= 11 is 1.99. The first kappa shape index (κ1) is 11.6. The van der Waals surface area contributed by atoms with Gasteiger partial charge >= 0.3 is 0 Å². The lowest BCUT2D eigenvalue weighted by atomic mass is 10.0. The molecule has 1 unspecified atom stereocenters. The van der Waals surface area contributed by atoms with E-state index in [9.17, 15) is 0 Å². The summed E-state index contributed by atoms with van der Waals surface area (Å²) in [6.45, 7) is 2.12. The second kappa shape index (κ2) is 5.02. The molecule has 0 saturated carbocycles. The van der Waals surface area contributed by atoms with Crippen LogP contribution in [-0.4, -0.2) is 10.7 Å². The number of nitrogens with one attached hydrogen (secondary N) is 1. The van der Waals surface area contributed by atoms with Gasteiger partial charge in [-0.3, -0.25) is 4.98 Å². The SMILES string of the molecule is Cc1ccncc1NC1CSCc2ccccc21. The molecule has 0 fully saturated rings. The number of benzene rings is 1. The molecule has 0 saturated heterocycles. The molecule has 0 spiro atoms. The number of aromatic nitrogens is 1. The van der Waals surface area contributed by atoms with E-state index in [1.807, 2.05) is 30.2 Å². The Kier molecular flexibility index (Phi) is 3.24. The first-order chi connectivity index (χ1) is 8.84. The van der Waals surface area contributed by atoms with E-state index in [1.165, 1.54) is 16.7 Å². The molecule has 0 amide bonds. The molecule has 3 heteroatoms. The third kappa shape index (κ3) is 2.23. The molecule has 92 valence electrons. The number of aryl methyl sites for hydroxylation is 1. The van der Waals surface area contributed by atoms with E-state index < -0.39 is 0 Å². The monoisotopic (exact) mass is 256 g/mol. The van der Waals surface area contributed by atoms with Crippen LogP contribution < -0.4 is 5.32 Å². The Morgan fingerprint density at radius 2 is 2.17 bits per heavy atom. The summed E-state index contributed by atoms with van der Waals surface area (Å²) in [6, 6.07) is 11.1. The Morgan fingerprint density at radius 3 is 3.06 bits per heavy atom. The zero-order valence-corrected chi connectivity index (χ0v) is 11.2. The fourth-order valence-electron chi connectivity index (χ4n) is 2.30. The quantitative estimate of drug-likeness (QED) is 0.885. The zero-order chi connectivity index (χ0) is 12.4. The van der Waals surface area contributed by atoms with Crippen molar-refractivity contribution in [3.05, 3.63) is 59.4 Å². The molecule has 0 radical (unpaired) electrons. The Balaban J connectivity index is 1.89. The second-order valence-electron chi connectivity index (χ2n) is 4.60. The smallest absolute Gasteiger partial charge is 0.0608 e. The minimum Gasteiger partial charge on any atom is -0.376 e. The molecule has 1 aromatic carbocycles. The van der Waals surface area contributed by atoms with Crippen LogP contribution in [-0.2, 0) is 5.75 Å². The van der Waals surface area contributed by atoms with Crippen LogP contribution in [0.15, 0.2) is 42.7 Å². The van der Waals surface area contributed by atoms with Gasteiger partial charge in [0.05, 0.1) is 17.9 Å². The average Bonchev–Trinajstić information content (AvgIpc) is 2.42. The van der Waals surface area contributed by atoms with Crippen LogP contribution in [0.2, 0.25) is 0 Å². The normalized spacial score (nSPS) is 18.2. The van der Waals surface area contributed by atoms with Gasteiger partial charge in [-0.15, -0.1) is 0 Å². The van der Waals surface area contributed by atoms with Crippen molar-refractivity contribution in [2.45, 2.75) is 18.7 Å². The molecule has 1 atom stereocenters. The van der Waals surface area contributed by atoms with E-state index in [4.69, 9.17) is 0 Å². The number of nitrogens with zero attached hydrogens (tertiary/aromatic N) is 1. The highest BCUT2D eigenvalue weighted by Crippen LogP contribution is 2.34. The predicted molar refractivity (Wildman–Crippen MR) is 77.9 cm³/mol. The Morgan fingerprint density at radius 1 is 1.28 bits per heavy atom. The van der Waals surface area contributed by atoms with Crippen LogP contribution >= 0.6 is 11.8 Å². The average molecular weight is 256 g/mol. The summed E-state index contributed by atoms with van der Waals surface area (Å²) in [6.07, 6.45) is 3.75. The maximum Gasteiger partial charge on any atom is 0.0608 e. The van der Waals surface area contributed by atoms with Crippen LogP contribution in [0, 0.1) is 6.92 Å². The summed E-state index contributed by atoms with van der Waals surface area (Å²) in [4.78, 5) is 4.20. The molecular formula is C15H16N2S. The van der Waals surface area contributed by atoms with Crippen molar-refractivity contribution in [3.63, 3.8) is 0 Å². The number of fused-ring (bicyclic) bond motifs is 1. The fourth-order valence-corrected chi connectivity index (χ4v) is 3.40. The van der Waals surface area contributed by atoms with Crippen molar-refractivity contribution in [1.82, 2.24) is 4.98 Å². The third-order valence-corrected chi connectivity index (χ3v) is 4.43. The van der Waals surface area contributed by atoms with Crippen molar-refractivity contribution in [2.75, 3.05) is 11.1 Å². The first-order valence-corrected chi connectivity index (χ1v) is 7.33. The molecule has 2 heterocycles. The Bertz CT molecular complexity index is 554. The molecule has 0 aliphatic carbocycles. The molecular weight excluding hydrogens is 240 g/mol. The summed E-state index contributed by atoms with van der Waals surface area (Å²) in [7, 11) is 0. The zero-order valence-electron chi connectivity index (χ0n) is 10.4. The van der Waals surface area contributed by atoms with Gasteiger partial charge in [-0.2, -0.15) is 11.8 Å². The Hall–Kier alpha value is -1.48. The van der Waals surface area contributed by atoms with E-state index in [2.05, 4.69) is 41.5 Å². The fraction of sp³-hybridized carbons (Fsp3) is 0.267. The van der Waals surface area contributed by atoms with Crippen molar-refractivity contribution in [2.24, 2.45) is 0 Å². The second-order valence-corrected chi connectivity index (χ2v) is 5.63. The van der Waals surface area contributed by atoms with Crippen molar-refractivity contribution >= 4 is 17.4 Å². The molecule has 2 aromatic rings. The number of rotatable bonds is 2. The number of thioether (sulfide) groups is 1. The van der Waals surface area contributed by atoms with Gasteiger partial charge in [0.15, 0.2) is 0 Å². The van der Waals surface area contributed by atoms with E-state index >= 15 is 0 Å². The van der Waals surface area contributed by atoms with Gasteiger partial charge in [0, 0.05) is 17.7 Å². The lowest BCUT2D eigenvalue weighted by Gasteiger charge is -2.27. The van der Waals surface area contributed by atoms with E-state index in [-0.39, 0.29) is 0 Å². The van der Waals surface area contributed by atoms with Crippen LogP contribution in [0.4, 0.5) is 5.69 Å². The van der Waals surface area contributed by atoms with Crippen LogP contribution in [0.5, 0.6) is 0 Å². The number of pyridine rings is 1. The predicted octanol–water partition coefficient (Wildman–Crippen LogP) is 3.79. The molecule has 18 heavy (non-hydrogen) atoms. The molecule has 1 aliphatic rings. The maximum atomic E-state index is 4.20. The van der Waals surface area contributed by atoms with Gasteiger partial charge < -0.3 is 5.32 Å². The minimum absolute atomic E-state index is 0.392. The van der Waals surface area contributed by atoms with Crippen LogP contribution in [0.25, 0.3) is 0 Å². The number of hydrogen-bond donors (Lipinski definition) is 1. The number of hydrogen-bond acceptors (Lipinski definition) is 3. The van der Waals surface area contributed by atoms with E-state index in [1.54, 1.807) is 0 Å². The van der Waals surface area contributed by atoms with Gasteiger partial charge in [0.2, 0.25) is 0 Å². The highest BCUT2D eigenvalue weighted by Gasteiger charge is 2.20. The van der Waals surface area contributed by atoms with Gasteiger partial charge in [-0.25, -0.2) is 0 Å². The molecule has 2 nitrogen and oxygen atoms in total. The van der Waals surface area contributed by atoms with Gasteiger partial charge in [0.1, 0.15) is 0 Å². The third-order valence-electron chi connectivity index (χ3n) is 3.34. The summed E-state index contributed by atoms with van der Waals surface area (Å²) in [5.41, 5.74) is 5.27. The molecule has 3 rings (SSSR count).